The van der Waals surface area contributed by atoms with Crippen molar-refractivity contribution in [2.24, 2.45) is 0 Å². The number of amides is 1. The topological polar surface area (TPSA) is 50.8 Å². The van der Waals surface area contributed by atoms with E-state index < -0.39 is 0 Å². The van der Waals surface area contributed by atoms with Gasteiger partial charge in [-0.2, -0.15) is 0 Å². The van der Waals surface area contributed by atoms with Gasteiger partial charge in [-0.05, 0) is 62.4 Å². The Balaban J connectivity index is 1.22. The molecular formula is C23H26N2O3. The molecule has 2 atom stereocenters. The molecule has 5 nitrogen and oxygen atoms in total. The fourth-order valence-corrected chi connectivity index (χ4v) is 4.87. The molecule has 146 valence electrons. The number of hydrogen-bond acceptors (Lipinski definition) is 4. The first-order valence-corrected chi connectivity index (χ1v) is 10.2. The number of carbonyl (C=O) groups is 1. The van der Waals surface area contributed by atoms with Crippen molar-refractivity contribution < 1.29 is 14.3 Å². The molecule has 1 N–H and O–H groups in total. The Morgan fingerprint density at radius 1 is 1.04 bits per heavy atom. The van der Waals surface area contributed by atoms with Gasteiger partial charge >= 0.3 is 0 Å². The molecule has 0 radical (unpaired) electrons. The van der Waals surface area contributed by atoms with Gasteiger partial charge < -0.3 is 14.8 Å². The summed E-state index contributed by atoms with van der Waals surface area (Å²) in [7, 11) is 0. The molecule has 0 saturated carbocycles. The van der Waals surface area contributed by atoms with Crippen LogP contribution >= 0.6 is 0 Å². The molecule has 3 aliphatic heterocycles. The lowest BCUT2D eigenvalue weighted by Gasteiger charge is -2.39. The SMILES string of the molecule is Cc1ccc(C(=O)NC2CC3CCC(C2)N3Cc2ccc3c(c2)OCO3)cc1. The first-order valence-electron chi connectivity index (χ1n) is 10.2. The summed E-state index contributed by atoms with van der Waals surface area (Å²) in [6, 6.07) is 15.4. The van der Waals surface area contributed by atoms with Gasteiger partial charge in [0.2, 0.25) is 6.79 Å². The molecule has 2 aromatic rings. The third-order valence-electron chi connectivity index (χ3n) is 6.34. The summed E-state index contributed by atoms with van der Waals surface area (Å²) in [6.45, 7) is 3.29. The zero-order valence-corrected chi connectivity index (χ0v) is 16.2. The van der Waals surface area contributed by atoms with E-state index in [1.807, 2.05) is 37.3 Å². The average molecular weight is 378 g/mol. The number of rotatable bonds is 4. The molecule has 2 unspecified atom stereocenters. The zero-order valence-electron chi connectivity index (χ0n) is 16.2. The van der Waals surface area contributed by atoms with E-state index in [4.69, 9.17) is 9.47 Å². The van der Waals surface area contributed by atoms with Crippen molar-refractivity contribution in [1.82, 2.24) is 10.2 Å². The molecule has 0 spiro atoms. The molecule has 2 saturated heterocycles. The second-order valence-electron chi connectivity index (χ2n) is 8.25. The Morgan fingerprint density at radius 3 is 2.50 bits per heavy atom. The lowest BCUT2D eigenvalue weighted by Crippen LogP contribution is -2.49. The maximum atomic E-state index is 12.6. The van der Waals surface area contributed by atoms with E-state index >= 15 is 0 Å². The summed E-state index contributed by atoms with van der Waals surface area (Å²) in [4.78, 5) is 15.2. The predicted octanol–water partition coefficient (Wildman–Crippen LogP) is 3.65. The van der Waals surface area contributed by atoms with Crippen molar-refractivity contribution in [2.75, 3.05) is 6.79 Å². The van der Waals surface area contributed by atoms with Gasteiger partial charge in [0.25, 0.3) is 5.91 Å². The van der Waals surface area contributed by atoms with Crippen LogP contribution in [0.15, 0.2) is 42.5 Å². The largest absolute Gasteiger partial charge is 0.454 e. The molecule has 28 heavy (non-hydrogen) atoms. The monoisotopic (exact) mass is 378 g/mol. The van der Waals surface area contributed by atoms with Crippen LogP contribution in [0.5, 0.6) is 11.5 Å². The van der Waals surface area contributed by atoms with E-state index in [0.717, 1.165) is 36.4 Å². The zero-order chi connectivity index (χ0) is 19.1. The molecule has 1 amide bonds. The van der Waals surface area contributed by atoms with E-state index in [-0.39, 0.29) is 11.9 Å². The van der Waals surface area contributed by atoms with Crippen LogP contribution in [-0.2, 0) is 6.54 Å². The lowest BCUT2D eigenvalue weighted by molar-refractivity contribution is 0.0827. The van der Waals surface area contributed by atoms with Gasteiger partial charge in [0.1, 0.15) is 0 Å². The van der Waals surface area contributed by atoms with Gasteiger partial charge in [-0.15, -0.1) is 0 Å². The Bertz CT molecular complexity index is 866. The van der Waals surface area contributed by atoms with Gasteiger partial charge in [-0.3, -0.25) is 9.69 Å². The standard InChI is InChI=1S/C23H26N2O3/c1-15-2-5-17(6-3-15)23(26)24-18-11-19-7-8-20(12-18)25(19)13-16-4-9-21-22(10-16)28-14-27-21/h2-6,9-10,18-20H,7-8,11-14H2,1H3,(H,24,26). The van der Waals surface area contributed by atoms with Crippen molar-refractivity contribution in [3.8, 4) is 11.5 Å². The maximum Gasteiger partial charge on any atom is 0.251 e. The van der Waals surface area contributed by atoms with Gasteiger partial charge in [-0.1, -0.05) is 23.8 Å². The summed E-state index contributed by atoms with van der Waals surface area (Å²) < 4.78 is 10.9. The van der Waals surface area contributed by atoms with Crippen molar-refractivity contribution >= 4 is 5.91 Å². The van der Waals surface area contributed by atoms with Crippen LogP contribution in [0.3, 0.4) is 0 Å². The molecular weight excluding hydrogens is 352 g/mol. The van der Waals surface area contributed by atoms with E-state index in [9.17, 15) is 4.79 Å². The molecule has 2 bridgehead atoms. The minimum Gasteiger partial charge on any atom is -0.454 e. The number of nitrogens with zero attached hydrogens (tertiary/aromatic N) is 1. The van der Waals surface area contributed by atoms with Crippen LogP contribution in [0.25, 0.3) is 0 Å². The van der Waals surface area contributed by atoms with E-state index in [0.29, 0.717) is 18.9 Å². The van der Waals surface area contributed by atoms with E-state index in [2.05, 4.69) is 22.3 Å². The van der Waals surface area contributed by atoms with Crippen molar-refractivity contribution in [2.45, 2.75) is 57.3 Å². The minimum absolute atomic E-state index is 0.0496. The van der Waals surface area contributed by atoms with Crippen molar-refractivity contribution in [3.05, 3.63) is 59.2 Å². The van der Waals surface area contributed by atoms with Gasteiger partial charge in [0.15, 0.2) is 11.5 Å². The van der Waals surface area contributed by atoms with Crippen LogP contribution in [-0.4, -0.2) is 35.7 Å². The number of piperidine rings is 1. The fourth-order valence-electron chi connectivity index (χ4n) is 4.87. The van der Waals surface area contributed by atoms with Gasteiger partial charge in [0.05, 0.1) is 0 Å². The van der Waals surface area contributed by atoms with Crippen LogP contribution in [0, 0.1) is 6.92 Å². The van der Waals surface area contributed by atoms with Crippen molar-refractivity contribution in [1.29, 1.82) is 0 Å². The summed E-state index contributed by atoms with van der Waals surface area (Å²) in [5.41, 5.74) is 3.19. The van der Waals surface area contributed by atoms with E-state index in [1.54, 1.807) is 0 Å². The fraction of sp³-hybridized carbons (Fsp3) is 0.435. The van der Waals surface area contributed by atoms with Gasteiger partial charge in [-0.25, -0.2) is 0 Å². The number of benzene rings is 2. The van der Waals surface area contributed by atoms with Crippen molar-refractivity contribution in [3.63, 3.8) is 0 Å². The average Bonchev–Trinajstić information content (AvgIpc) is 3.24. The molecule has 5 rings (SSSR count). The van der Waals surface area contributed by atoms with Crippen LogP contribution < -0.4 is 14.8 Å². The minimum atomic E-state index is 0.0496. The quantitative estimate of drug-likeness (QED) is 0.882. The Kier molecular flexibility index (Phi) is 4.47. The number of carbonyl (C=O) groups excluding carboxylic acids is 1. The molecule has 2 aromatic carbocycles. The molecule has 0 aliphatic carbocycles. The van der Waals surface area contributed by atoms with Gasteiger partial charge in [0, 0.05) is 30.2 Å². The molecule has 0 aromatic heterocycles. The maximum absolute atomic E-state index is 12.6. The molecule has 5 heteroatoms. The summed E-state index contributed by atoms with van der Waals surface area (Å²) in [5, 5.41) is 3.27. The highest BCUT2D eigenvalue weighted by atomic mass is 16.7. The highest BCUT2D eigenvalue weighted by Crippen LogP contribution is 2.38. The number of fused-ring (bicyclic) bond motifs is 3. The predicted molar refractivity (Wildman–Crippen MR) is 107 cm³/mol. The third-order valence-corrected chi connectivity index (χ3v) is 6.34. The first kappa shape index (κ1) is 17.6. The summed E-state index contributed by atoms with van der Waals surface area (Å²) in [5.74, 6) is 1.74. The van der Waals surface area contributed by atoms with E-state index in [1.165, 1.54) is 24.0 Å². The number of nitrogens with one attached hydrogen (secondary N) is 1. The number of hydrogen-bond donors (Lipinski definition) is 1. The van der Waals surface area contributed by atoms with Crippen LogP contribution in [0.1, 0.15) is 47.2 Å². The Morgan fingerprint density at radius 2 is 1.75 bits per heavy atom. The first-order chi connectivity index (χ1) is 13.7. The molecule has 2 fully saturated rings. The highest BCUT2D eigenvalue weighted by Gasteiger charge is 2.41. The van der Waals surface area contributed by atoms with Crippen LogP contribution in [0.4, 0.5) is 0 Å². The smallest absolute Gasteiger partial charge is 0.251 e. The summed E-state index contributed by atoms with van der Waals surface area (Å²) in [6.07, 6.45) is 4.48. The molecule has 3 heterocycles. The normalized spacial score (nSPS) is 25.7. The number of ether oxygens (including phenoxy) is 2. The second kappa shape index (κ2) is 7.13. The second-order valence-corrected chi connectivity index (χ2v) is 8.25. The molecule has 3 aliphatic rings. The van der Waals surface area contributed by atoms with Crippen LogP contribution in [0.2, 0.25) is 0 Å². The third kappa shape index (κ3) is 3.35. The Labute approximate surface area is 165 Å². The highest BCUT2D eigenvalue weighted by molar-refractivity contribution is 5.94. The Hall–Kier alpha value is -2.53. The lowest BCUT2D eigenvalue weighted by atomic mass is 9.96. The summed E-state index contributed by atoms with van der Waals surface area (Å²) >= 11 is 0. The number of aryl methyl sites for hydroxylation is 1.